The molecule has 0 spiro atoms. The molecular formula is C19H17BrN2OS2. The van der Waals surface area contributed by atoms with E-state index in [2.05, 4.69) is 38.4 Å². The summed E-state index contributed by atoms with van der Waals surface area (Å²) < 4.78 is 1.04. The van der Waals surface area contributed by atoms with Crippen LogP contribution in [0.3, 0.4) is 0 Å². The topological polar surface area (TPSA) is 42.0 Å². The molecule has 1 aromatic heterocycles. The molecule has 2 aromatic carbocycles. The summed E-state index contributed by atoms with van der Waals surface area (Å²) in [7, 11) is 0. The number of thioether (sulfide) groups is 1. The van der Waals surface area contributed by atoms with Crippen molar-refractivity contribution in [2.24, 2.45) is 0 Å². The third-order valence-electron chi connectivity index (χ3n) is 3.45. The molecule has 0 unspecified atom stereocenters. The first kappa shape index (κ1) is 18.2. The van der Waals surface area contributed by atoms with Gasteiger partial charge in [-0.15, -0.1) is 23.1 Å². The molecule has 1 amide bonds. The average Bonchev–Trinajstić information content (AvgIpc) is 3.09. The van der Waals surface area contributed by atoms with E-state index in [9.17, 15) is 4.79 Å². The summed E-state index contributed by atoms with van der Waals surface area (Å²) in [6.45, 7) is 0. The number of hydrogen-bond acceptors (Lipinski definition) is 4. The lowest BCUT2D eigenvalue weighted by Crippen LogP contribution is -2.11. The normalized spacial score (nSPS) is 10.6. The highest BCUT2D eigenvalue weighted by Crippen LogP contribution is 2.26. The standard InChI is InChI=1S/C19H17BrN2OS2/c20-15-10-8-14(9-11-15)17-13-25-19(21-17)22-18(23)7-4-12-24-16-5-2-1-3-6-16/h1-3,5-6,8-11,13H,4,7,12H2,(H,21,22,23). The van der Waals surface area contributed by atoms with Gasteiger partial charge in [0.1, 0.15) is 0 Å². The molecule has 0 fully saturated rings. The predicted molar refractivity (Wildman–Crippen MR) is 110 cm³/mol. The van der Waals surface area contributed by atoms with Crippen LogP contribution < -0.4 is 5.32 Å². The van der Waals surface area contributed by atoms with Crippen LogP contribution in [0.25, 0.3) is 11.3 Å². The maximum Gasteiger partial charge on any atom is 0.226 e. The number of benzene rings is 2. The number of aromatic nitrogens is 1. The molecule has 0 bridgehead atoms. The summed E-state index contributed by atoms with van der Waals surface area (Å²) in [4.78, 5) is 17.8. The fourth-order valence-corrected chi connectivity index (χ4v) is 4.08. The Morgan fingerprint density at radius 1 is 1.12 bits per heavy atom. The van der Waals surface area contributed by atoms with Crippen LogP contribution in [0.5, 0.6) is 0 Å². The number of thiazole rings is 1. The van der Waals surface area contributed by atoms with Crippen molar-refractivity contribution in [2.75, 3.05) is 11.1 Å². The first-order chi connectivity index (χ1) is 12.2. The summed E-state index contributed by atoms with van der Waals surface area (Å²) >= 11 is 6.65. The van der Waals surface area contributed by atoms with Crippen molar-refractivity contribution >= 4 is 50.1 Å². The molecule has 0 aliphatic heterocycles. The second kappa shape index (κ2) is 9.17. The zero-order valence-electron chi connectivity index (χ0n) is 13.4. The van der Waals surface area contributed by atoms with Crippen LogP contribution in [0.1, 0.15) is 12.8 Å². The van der Waals surface area contributed by atoms with Gasteiger partial charge in [0.25, 0.3) is 0 Å². The summed E-state index contributed by atoms with van der Waals surface area (Å²) in [5, 5.41) is 5.51. The van der Waals surface area contributed by atoms with Gasteiger partial charge in [0.05, 0.1) is 5.69 Å². The van der Waals surface area contributed by atoms with E-state index in [1.54, 1.807) is 11.8 Å². The van der Waals surface area contributed by atoms with Gasteiger partial charge in [0.15, 0.2) is 5.13 Å². The van der Waals surface area contributed by atoms with Crippen LogP contribution in [0.2, 0.25) is 0 Å². The molecule has 1 heterocycles. The highest BCUT2D eigenvalue weighted by molar-refractivity contribution is 9.10. The van der Waals surface area contributed by atoms with Gasteiger partial charge in [-0.25, -0.2) is 4.98 Å². The molecule has 0 aliphatic carbocycles. The van der Waals surface area contributed by atoms with E-state index in [1.165, 1.54) is 16.2 Å². The highest BCUT2D eigenvalue weighted by atomic mass is 79.9. The van der Waals surface area contributed by atoms with Gasteiger partial charge >= 0.3 is 0 Å². The number of nitrogens with one attached hydrogen (secondary N) is 1. The second-order valence-electron chi connectivity index (χ2n) is 5.36. The molecule has 0 aliphatic rings. The zero-order valence-corrected chi connectivity index (χ0v) is 16.7. The molecule has 0 saturated carbocycles. The Morgan fingerprint density at radius 2 is 1.88 bits per heavy atom. The molecule has 3 rings (SSSR count). The van der Waals surface area contributed by atoms with Crippen molar-refractivity contribution in [3.05, 3.63) is 64.5 Å². The third-order valence-corrected chi connectivity index (χ3v) is 5.84. The van der Waals surface area contributed by atoms with Gasteiger partial charge < -0.3 is 5.32 Å². The van der Waals surface area contributed by atoms with E-state index < -0.39 is 0 Å². The number of carbonyl (C=O) groups is 1. The molecule has 128 valence electrons. The largest absolute Gasteiger partial charge is 0.302 e. The van der Waals surface area contributed by atoms with Gasteiger partial charge in [0.2, 0.25) is 5.91 Å². The molecule has 0 radical (unpaired) electrons. The van der Waals surface area contributed by atoms with E-state index in [0.29, 0.717) is 11.6 Å². The first-order valence-corrected chi connectivity index (χ1v) is 10.6. The van der Waals surface area contributed by atoms with Crippen molar-refractivity contribution in [1.29, 1.82) is 0 Å². The number of carbonyl (C=O) groups excluding carboxylic acids is 1. The summed E-state index contributed by atoms with van der Waals surface area (Å²) in [6.07, 6.45) is 1.35. The average molecular weight is 433 g/mol. The number of halogens is 1. The molecule has 6 heteroatoms. The Bertz CT molecular complexity index is 819. The van der Waals surface area contributed by atoms with Crippen LogP contribution in [-0.4, -0.2) is 16.6 Å². The predicted octanol–water partition coefficient (Wildman–Crippen LogP) is 6.08. The molecule has 0 atom stereocenters. The van der Waals surface area contributed by atoms with Gasteiger partial charge in [0, 0.05) is 26.7 Å². The summed E-state index contributed by atoms with van der Waals surface area (Å²) in [5.41, 5.74) is 1.92. The van der Waals surface area contributed by atoms with Gasteiger partial charge in [-0.1, -0.05) is 46.3 Å². The van der Waals surface area contributed by atoms with Crippen molar-refractivity contribution in [2.45, 2.75) is 17.7 Å². The van der Waals surface area contributed by atoms with Crippen LogP contribution in [-0.2, 0) is 4.79 Å². The second-order valence-corrected chi connectivity index (χ2v) is 8.30. The lowest BCUT2D eigenvalue weighted by Gasteiger charge is -2.02. The number of nitrogens with zero attached hydrogens (tertiary/aromatic N) is 1. The lowest BCUT2D eigenvalue weighted by atomic mass is 10.2. The smallest absolute Gasteiger partial charge is 0.226 e. The Hall–Kier alpha value is -1.63. The van der Waals surface area contributed by atoms with Gasteiger partial charge in [-0.3, -0.25) is 4.79 Å². The Labute approximate surface area is 164 Å². The minimum Gasteiger partial charge on any atom is -0.302 e. The first-order valence-electron chi connectivity index (χ1n) is 7.90. The zero-order chi connectivity index (χ0) is 17.5. The molecule has 1 N–H and O–H groups in total. The SMILES string of the molecule is O=C(CCCSc1ccccc1)Nc1nc(-c2ccc(Br)cc2)cs1. The fraction of sp³-hybridized carbons (Fsp3) is 0.158. The van der Waals surface area contributed by atoms with Crippen LogP contribution in [0.15, 0.2) is 69.3 Å². The van der Waals surface area contributed by atoms with Crippen molar-refractivity contribution < 1.29 is 4.79 Å². The maximum atomic E-state index is 12.1. The quantitative estimate of drug-likeness (QED) is 0.363. The molecule has 0 saturated heterocycles. The van der Waals surface area contributed by atoms with Crippen molar-refractivity contribution in [1.82, 2.24) is 4.98 Å². The van der Waals surface area contributed by atoms with E-state index in [0.717, 1.165) is 27.9 Å². The minimum atomic E-state index is 0.0189. The van der Waals surface area contributed by atoms with Gasteiger partial charge in [-0.2, -0.15) is 0 Å². The van der Waals surface area contributed by atoms with E-state index in [1.807, 2.05) is 47.8 Å². The summed E-state index contributed by atoms with van der Waals surface area (Å²) in [6, 6.07) is 18.2. The Kier molecular flexibility index (Phi) is 6.67. The minimum absolute atomic E-state index is 0.0189. The molecule has 3 nitrogen and oxygen atoms in total. The number of amides is 1. The molecule has 25 heavy (non-hydrogen) atoms. The number of rotatable bonds is 7. The lowest BCUT2D eigenvalue weighted by molar-refractivity contribution is -0.116. The third kappa shape index (κ3) is 5.70. The van der Waals surface area contributed by atoms with Crippen LogP contribution >= 0.6 is 39.0 Å². The van der Waals surface area contributed by atoms with Crippen LogP contribution in [0, 0.1) is 0 Å². The number of anilines is 1. The van der Waals surface area contributed by atoms with E-state index in [-0.39, 0.29) is 5.91 Å². The van der Waals surface area contributed by atoms with Crippen LogP contribution in [0.4, 0.5) is 5.13 Å². The van der Waals surface area contributed by atoms with Gasteiger partial charge in [-0.05, 0) is 36.4 Å². The maximum absolute atomic E-state index is 12.1. The monoisotopic (exact) mass is 432 g/mol. The highest BCUT2D eigenvalue weighted by Gasteiger charge is 2.08. The Morgan fingerprint density at radius 3 is 2.64 bits per heavy atom. The Balaban J connectivity index is 1.44. The van der Waals surface area contributed by atoms with E-state index in [4.69, 9.17) is 0 Å². The molecule has 3 aromatic rings. The van der Waals surface area contributed by atoms with Crippen molar-refractivity contribution in [3.8, 4) is 11.3 Å². The van der Waals surface area contributed by atoms with E-state index >= 15 is 0 Å². The molecular weight excluding hydrogens is 416 g/mol. The number of hydrogen-bond donors (Lipinski definition) is 1. The van der Waals surface area contributed by atoms with Crippen molar-refractivity contribution in [3.63, 3.8) is 0 Å². The summed E-state index contributed by atoms with van der Waals surface area (Å²) in [5.74, 6) is 0.949. The fourth-order valence-electron chi connectivity index (χ4n) is 2.21.